The number of rotatable bonds is 3. The van der Waals surface area contributed by atoms with Crippen LogP contribution in [0.2, 0.25) is 10.0 Å². The summed E-state index contributed by atoms with van der Waals surface area (Å²) in [5.41, 5.74) is 1.52. The Morgan fingerprint density at radius 1 is 1.29 bits per heavy atom. The smallest absolute Gasteiger partial charge is 0.339 e. The molecule has 3 rings (SSSR count). The average molecular weight is 322 g/mol. The maximum absolute atomic E-state index is 12.1. The molecule has 0 radical (unpaired) electrons. The molecule has 0 unspecified atom stereocenters. The number of carbonyl (C=O) groups is 1. The van der Waals surface area contributed by atoms with E-state index >= 15 is 0 Å². The van der Waals surface area contributed by atoms with Gasteiger partial charge in [0, 0.05) is 24.0 Å². The number of hydrogen-bond acceptors (Lipinski definition) is 4. The number of aromatic amines is 1. The van der Waals surface area contributed by atoms with Gasteiger partial charge in [0.15, 0.2) is 0 Å². The van der Waals surface area contributed by atoms with Crippen molar-refractivity contribution in [3.8, 4) is 0 Å². The largest absolute Gasteiger partial charge is 0.456 e. The number of carbonyl (C=O) groups excluding carboxylic acids is 1. The van der Waals surface area contributed by atoms with E-state index in [1.807, 2.05) is 0 Å². The van der Waals surface area contributed by atoms with Crippen LogP contribution in [-0.2, 0) is 11.3 Å². The van der Waals surface area contributed by atoms with Crippen molar-refractivity contribution in [1.29, 1.82) is 0 Å². The Bertz CT molecular complexity index is 817. The number of pyridine rings is 2. The molecule has 1 N–H and O–H groups in total. The average Bonchev–Trinajstić information content (AvgIpc) is 2.94. The van der Waals surface area contributed by atoms with Gasteiger partial charge in [0.2, 0.25) is 0 Å². The van der Waals surface area contributed by atoms with Gasteiger partial charge in [-0.15, -0.1) is 0 Å². The molecular weight excluding hydrogens is 313 g/mol. The van der Waals surface area contributed by atoms with E-state index in [4.69, 9.17) is 27.9 Å². The second-order valence-electron chi connectivity index (χ2n) is 4.26. The number of nitrogens with zero attached hydrogens (tertiary/aromatic N) is 2. The molecule has 0 saturated heterocycles. The van der Waals surface area contributed by atoms with Crippen LogP contribution in [0.5, 0.6) is 0 Å². The minimum Gasteiger partial charge on any atom is -0.456 e. The van der Waals surface area contributed by atoms with Crippen LogP contribution in [-0.4, -0.2) is 20.9 Å². The van der Waals surface area contributed by atoms with E-state index in [-0.39, 0.29) is 6.61 Å². The van der Waals surface area contributed by atoms with Gasteiger partial charge in [0.1, 0.15) is 12.3 Å². The van der Waals surface area contributed by atoms with Crippen molar-refractivity contribution in [2.24, 2.45) is 0 Å². The van der Waals surface area contributed by atoms with Gasteiger partial charge in [-0.1, -0.05) is 23.2 Å². The second kappa shape index (κ2) is 5.71. The molecule has 7 heteroatoms. The molecule has 0 bridgehead atoms. The Morgan fingerprint density at radius 3 is 2.95 bits per heavy atom. The topological polar surface area (TPSA) is 67.9 Å². The predicted octanol–water partition coefficient (Wildman–Crippen LogP) is 3.62. The SMILES string of the molecule is O=C(OCc1ncc(Cl)cc1Cl)c1ccnc2[nH]ccc12. The van der Waals surface area contributed by atoms with E-state index in [9.17, 15) is 4.79 Å². The van der Waals surface area contributed by atoms with E-state index in [1.165, 1.54) is 6.20 Å². The Labute approximate surface area is 129 Å². The summed E-state index contributed by atoms with van der Waals surface area (Å²) in [6.45, 7) is -0.0247. The number of aromatic nitrogens is 3. The minimum atomic E-state index is -0.463. The molecule has 0 aliphatic carbocycles. The van der Waals surface area contributed by atoms with Crippen LogP contribution in [0.25, 0.3) is 11.0 Å². The number of hydrogen-bond donors (Lipinski definition) is 1. The quantitative estimate of drug-likeness (QED) is 0.748. The van der Waals surface area contributed by atoms with E-state index in [2.05, 4.69) is 15.0 Å². The van der Waals surface area contributed by atoms with Crippen molar-refractivity contribution in [2.75, 3.05) is 0 Å². The first-order valence-corrected chi connectivity index (χ1v) is 6.80. The van der Waals surface area contributed by atoms with Crippen molar-refractivity contribution in [1.82, 2.24) is 15.0 Å². The maximum Gasteiger partial charge on any atom is 0.339 e. The fourth-order valence-electron chi connectivity index (χ4n) is 1.90. The molecule has 5 nitrogen and oxygen atoms in total. The molecule has 3 heterocycles. The predicted molar refractivity (Wildman–Crippen MR) is 79.5 cm³/mol. The zero-order valence-electron chi connectivity index (χ0n) is 10.6. The van der Waals surface area contributed by atoms with Crippen LogP contribution in [0.3, 0.4) is 0 Å². The highest BCUT2D eigenvalue weighted by atomic mass is 35.5. The lowest BCUT2D eigenvalue weighted by Crippen LogP contribution is -2.07. The van der Waals surface area contributed by atoms with Crippen molar-refractivity contribution in [3.63, 3.8) is 0 Å². The fraction of sp³-hybridized carbons (Fsp3) is 0.0714. The first-order chi connectivity index (χ1) is 10.1. The van der Waals surface area contributed by atoms with E-state index in [0.29, 0.717) is 32.3 Å². The number of ether oxygens (including phenoxy) is 1. The van der Waals surface area contributed by atoms with Gasteiger partial charge < -0.3 is 9.72 Å². The lowest BCUT2D eigenvalue weighted by Gasteiger charge is -2.06. The number of fused-ring (bicyclic) bond motifs is 1. The van der Waals surface area contributed by atoms with Gasteiger partial charge in [-0.25, -0.2) is 9.78 Å². The van der Waals surface area contributed by atoms with Crippen molar-refractivity contribution in [2.45, 2.75) is 6.61 Å². The van der Waals surface area contributed by atoms with Crippen LogP contribution in [0.15, 0.2) is 36.8 Å². The van der Waals surface area contributed by atoms with Gasteiger partial charge in [0.05, 0.1) is 21.3 Å². The molecule has 0 atom stereocenters. The molecule has 0 aliphatic heterocycles. The fourth-order valence-corrected chi connectivity index (χ4v) is 2.33. The van der Waals surface area contributed by atoms with Crippen molar-refractivity contribution < 1.29 is 9.53 Å². The molecule has 3 aromatic rings. The van der Waals surface area contributed by atoms with Gasteiger partial charge in [0.25, 0.3) is 0 Å². The molecular formula is C14H9Cl2N3O2. The second-order valence-corrected chi connectivity index (χ2v) is 5.10. The zero-order valence-corrected chi connectivity index (χ0v) is 12.1. The van der Waals surface area contributed by atoms with Gasteiger partial charge in [-0.2, -0.15) is 0 Å². The van der Waals surface area contributed by atoms with Crippen LogP contribution < -0.4 is 0 Å². The number of halogens is 2. The summed E-state index contributed by atoms with van der Waals surface area (Å²) < 4.78 is 5.24. The molecule has 21 heavy (non-hydrogen) atoms. The molecule has 0 saturated carbocycles. The molecule has 0 fully saturated rings. The Kier molecular flexibility index (Phi) is 3.77. The Morgan fingerprint density at radius 2 is 2.14 bits per heavy atom. The number of H-pyrrole nitrogens is 1. The van der Waals surface area contributed by atoms with Crippen LogP contribution >= 0.6 is 23.2 Å². The summed E-state index contributed by atoms with van der Waals surface area (Å²) in [5, 5.41) is 1.49. The monoisotopic (exact) mass is 321 g/mol. The molecule has 0 aromatic carbocycles. The number of esters is 1. The van der Waals surface area contributed by atoms with Crippen molar-refractivity contribution >= 4 is 40.2 Å². The summed E-state index contributed by atoms with van der Waals surface area (Å²) in [4.78, 5) is 23.2. The van der Waals surface area contributed by atoms with E-state index in [0.717, 1.165) is 0 Å². The normalized spacial score (nSPS) is 10.8. The summed E-state index contributed by atoms with van der Waals surface area (Å²) in [7, 11) is 0. The van der Waals surface area contributed by atoms with E-state index < -0.39 is 5.97 Å². The maximum atomic E-state index is 12.1. The third kappa shape index (κ3) is 2.84. The van der Waals surface area contributed by atoms with Gasteiger partial charge >= 0.3 is 5.97 Å². The van der Waals surface area contributed by atoms with Gasteiger partial charge in [-0.3, -0.25) is 4.98 Å². The van der Waals surface area contributed by atoms with E-state index in [1.54, 1.807) is 30.6 Å². The molecule has 0 amide bonds. The zero-order chi connectivity index (χ0) is 14.8. The third-order valence-corrected chi connectivity index (χ3v) is 3.44. The highest BCUT2D eigenvalue weighted by Gasteiger charge is 2.14. The molecule has 0 spiro atoms. The molecule has 0 aliphatic rings. The van der Waals surface area contributed by atoms with Crippen LogP contribution in [0.1, 0.15) is 16.1 Å². The first kappa shape index (κ1) is 13.9. The molecule has 106 valence electrons. The lowest BCUT2D eigenvalue weighted by atomic mass is 10.2. The summed E-state index contributed by atoms with van der Waals surface area (Å²) in [6, 6.07) is 4.93. The van der Waals surface area contributed by atoms with Gasteiger partial charge in [-0.05, 0) is 18.2 Å². The summed E-state index contributed by atoms with van der Waals surface area (Å²) in [5.74, 6) is -0.463. The highest BCUT2D eigenvalue weighted by molar-refractivity contribution is 6.34. The third-order valence-electron chi connectivity index (χ3n) is 2.90. The van der Waals surface area contributed by atoms with Crippen LogP contribution in [0, 0.1) is 0 Å². The summed E-state index contributed by atoms with van der Waals surface area (Å²) >= 11 is 11.7. The standard InChI is InChI=1S/C14H9Cl2N3O2/c15-8-5-11(16)12(19-6-8)7-21-14(20)10-2-4-18-13-9(10)1-3-17-13/h1-6H,7H2,(H,17,18). The highest BCUT2D eigenvalue weighted by Crippen LogP contribution is 2.20. The lowest BCUT2D eigenvalue weighted by molar-refractivity contribution is 0.0470. The Balaban J connectivity index is 1.79. The van der Waals surface area contributed by atoms with Crippen molar-refractivity contribution in [3.05, 3.63) is 58.1 Å². The Hall–Kier alpha value is -2.11. The minimum absolute atomic E-state index is 0.0247. The van der Waals surface area contributed by atoms with Crippen LogP contribution in [0.4, 0.5) is 0 Å². The number of nitrogens with one attached hydrogen (secondary N) is 1. The summed E-state index contributed by atoms with van der Waals surface area (Å²) in [6.07, 6.45) is 4.71. The first-order valence-electron chi connectivity index (χ1n) is 6.04. The molecule has 3 aromatic heterocycles.